The molecule has 3 rings (SSSR count). The van der Waals surface area contributed by atoms with Gasteiger partial charge in [-0.1, -0.05) is 0 Å². The molecule has 0 radical (unpaired) electrons. The summed E-state index contributed by atoms with van der Waals surface area (Å²) in [6.45, 7) is 5.06. The molecule has 2 saturated heterocycles. The second-order valence-electron chi connectivity index (χ2n) is 9.33. The minimum Gasteiger partial charge on any atom is -0.448 e. The zero-order valence-electron chi connectivity index (χ0n) is 20.1. The lowest BCUT2D eigenvalue weighted by atomic mass is 9.96. The molecule has 0 atom stereocenters. The van der Waals surface area contributed by atoms with Crippen molar-refractivity contribution >= 4 is 35.0 Å². The molecule has 2 aliphatic heterocycles. The van der Waals surface area contributed by atoms with Crippen molar-refractivity contribution in [2.24, 2.45) is 0 Å². The van der Waals surface area contributed by atoms with Gasteiger partial charge in [0.05, 0.1) is 22.9 Å². The first kappa shape index (κ1) is 26.7. The molecule has 8 nitrogen and oxygen atoms in total. The number of nitrogens with zero attached hydrogens (tertiary/aromatic N) is 5. The van der Waals surface area contributed by atoms with Gasteiger partial charge in [0.1, 0.15) is 12.1 Å². The summed E-state index contributed by atoms with van der Waals surface area (Å²) in [4.78, 5) is 32.0. The molecular formula is C23H28F3N5O3S. The highest BCUT2D eigenvalue weighted by molar-refractivity contribution is 7.80. The smallest absolute Gasteiger partial charge is 0.417 e. The van der Waals surface area contributed by atoms with Crippen LogP contribution in [0.2, 0.25) is 0 Å². The topological polar surface area (TPSA) is 80.1 Å². The van der Waals surface area contributed by atoms with E-state index in [-0.39, 0.29) is 23.4 Å². The van der Waals surface area contributed by atoms with Gasteiger partial charge >= 0.3 is 12.3 Å². The number of carbonyl (C=O) groups is 2. The maximum atomic E-state index is 13.5. The molecule has 1 aromatic rings. The van der Waals surface area contributed by atoms with E-state index in [1.165, 1.54) is 12.1 Å². The fraction of sp³-hybridized carbons (Fsp3) is 0.565. The van der Waals surface area contributed by atoms with Gasteiger partial charge in [-0.3, -0.25) is 9.69 Å². The van der Waals surface area contributed by atoms with Crippen LogP contribution >= 0.6 is 12.2 Å². The highest BCUT2D eigenvalue weighted by Crippen LogP contribution is 2.39. The number of thiocarbonyl (C=S) groups is 1. The molecule has 2 amide bonds. The summed E-state index contributed by atoms with van der Waals surface area (Å²) in [7, 11) is 3.76. The molecule has 0 aromatic heterocycles. The third kappa shape index (κ3) is 5.36. The van der Waals surface area contributed by atoms with Crippen LogP contribution in [-0.4, -0.2) is 83.7 Å². The first-order valence-electron chi connectivity index (χ1n) is 11.1. The largest absolute Gasteiger partial charge is 0.448 e. The molecule has 35 heavy (non-hydrogen) atoms. The Bertz CT molecular complexity index is 1050. The van der Waals surface area contributed by atoms with Gasteiger partial charge in [-0.25, -0.2) is 4.79 Å². The number of halogens is 3. The zero-order valence-corrected chi connectivity index (χ0v) is 20.9. The first-order chi connectivity index (χ1) is 16.3. The third-order valence-corrected chi connectivity index (χ3v) is 6.64. The molecule has 0 saturated carbocycles. The number of likely N-dealkylation sites (N-methyl/N-ethyl adjacent to an activating group) is 1. The van der Waals surface area contributed by atoms with Gasteiger partial charge < -0.3 is 19.4 Å². The van der Waals surface area contributed by atoms with Crippen molar-refractivity contribution in [1.82, 2.24) is 14.7 Å². The number of benzene rings is 1. The van der Waals surface area contributed by atoms with E-state index in [0.717, 1.165) is 17.0 Å². The molecule has 0 bridgehead atoms. The van der Waals surface area contributed by atoms with E-state index in [4.69, 9.17) is 22.2 Å². The number of nitriles is 1. The lowest BCUT2D eigenvalue weighted by Crippen LogP contribution is -2.54. The molecule has 0 N–H and O–H groups in total. The van der Waals surface area contributed by atoms with Crippen LogP contribution in [0, 0.1) is 11.3 Å². The number of rotatable bonds is 5. The Labute approximate surface area is 207 Å². The lowest BCUT2D eigenvalue weighted by molar-refractivity contribution is -0.137. The molecule has 2 aliphatic rings. The molecule has 1 aromatic carbocycles. The normalized spacial score (nSPS) is 18.9. The van der Waals surface area contributed by atoms with Crippen molar-refractivity contribution in [3.05, 3.63) is 29.3 Å². The van der Waals surface area contributed by atoms with Gasteiger partial charge in [0.25, 0.3) is 5.91 Å². The van der Waals surface area contributed by atoms with Crippen molar-refractivity contribution in [2.45, 2.75) is 44.4 Å². The number of piperidine rings is 1. The molecule has 2 fully saturated rings. The van der Waals surface area contributed by atoms with Gasteiger partial charge in [-0.2, -0.15) is 18.4 Å². The molecule has 0 spiro atoms. The van der Waals surface area contributed by atoms with Crippen LogP contribution in [0.25, 0.3) is 0 Å². The molecule has 12 heteroatoms. The Balaban J connectivity index is 1.77. The monoisotopic (exact) mass is 511 g/mol. The summed E-state index contributed by atoms with van der Waals surface area (Å²) in [6.07, 6.45) is -4.11. The van der Waals surface area contributed by atoms with Crippen LogP contribution in [0.4, 0.5) is 23.7 Å². The van der Waals surface area contributed by atoms with Gasteiger partial charge in [0.15, 0.2) is 5.11 Å². The fourth-order valence-corrected chi connectivity index (χ4v) is 4.93. The Morgan fingerprint density at radius 1 is 1.29 bits per heavy atom. The van der Waals surface area contributed by atoms with Crippen molar-refractivity contribution in [3.8, 4) is 6.07 Å². The highest BCUT2D eigenvalue weighted by Gasteiger charge is 2.52. The van der Waals surface area contributed by atoms with E-state index < -0.39 is 34.8 Å². The fourth-order valence-electron chi connectivity index (χ4n) is 4.37. The Hall–Kier alpha value is -2.91. The summed E-state index contributed by atoms with van der Waals surface area (Å²) in [6, 6.07) is 4.48. The Kier molecular flexibility index (Phi) is 7.62. The van der Waals surface area contributed by atoms with Crippen molar-refractivity contribution in [3.63, 3.8) is 0 Å². The first-order valence-corrected chi connectivity index (χ1v) is 11.6. The Morgan fingerprint density at radius 3 is 2.46 bits per heavy atom. The summed E-state index contributed by atoms with van der Waals surface area (Å²) >= 11 is 5.59. The van der Waals surface area contributed by atoms with Crippen LogP contribution in [-0.2, 0) is 15.7 Å². The molecule has 0 aliphatic carbocycles. The minimum atomic E-state index is -4.76. The number of alkyl halides is 3. The minimum absolute atomic E-state index is 0.0381. The average Bonchev–Trinajstić information content (AvgIpc) is 2.96. The number of hydrogen-bond acceptors (Lipinski definition) is 6. The number of anilines is 1. The van der Waals surface area contributed by atoms with Crippen LogP contribution in [0.5, 0.6) is 0 Å². The molecule has 0 unspecified atom stereocenters. The van der Waals surface area contributed by atoms with E-state index in [2.05, 4.69) is 0 Å². The standard InChI is InChI=1S/C23H28F3N5O3S/c1-22(2)19(32)30(17-6-5-15(14-27)18(13-17)23(24,25)26)20(35)31(22)16-7-9-29(10-8-16)21(33)34-12-11-28(3)4/h5-6,13,16H,7-12H2,1-4H3. The van der Waals surface area contributed by atoms with E-state index in [1.54, 1.807) is 23.6 Å². The number of carbonyl (C=O) groups excluding carboxylic acids is 2. The SMILES string of the molecule is CN(C)CCOC(=O)N1CCC(N2C(=S)N(c3ccc(C#N)c(C(F)(F)F)c3)C(=O)C2(C)C)CC1. The van der Waals surface area contributed by atoms with Crippen LogP contribution in [0.1, 0.15) is 37.8 Å². The number of ether oxygens (including phenoxy) is 1. The maximum absolute atomic E-state index is 13.5. The number of hydrogen-bond donors (Lipinski definition) is 0. The third-order valence-electron chi connectivity index (χ3n) is 6.27. The summed E-state index contributed by atoms with van der Waals surface area (Å²) in [5.74, 6) is -0.453. The number of amides is 2. The maximum Gasteiger partial charge on any atom is 0.417 e. The molecule has 2 heterocycles. The van der Waals surface area contributed by atoms with Gasteiger partial charge in [0, 0.05) is 25.7 Å². The van der Waals surface area contributed by atoms with E-state index in [0.29, 0.717) is 32.5 Å². The zero-order chi connectivity index (χ0) is 26.1. The van der Waals surface area contributed by atoms with Gasteiger partial charge in [0.2, 0.25) is 0 Å². The van der Waals surface area contributed by atoms with Gasteiger partial charge in [-0.05, 0) is 71.2 Å². The van der Waals surface area contributed by atoms with Crippen molar-refractivity contribution in [2.75, 3.05) is 45.2 Å². The molecule has 190 valence electrons. The van der Waals surface area contributed by atoms with E-state index in [1.807, 2.05) is 19.0 Å². The van der Waals surface area contributed by atoms with Crippen LogP contribution in [0.3, 0.4) is 0 Å². The Morgan fingerprint density at radius 2 is 1.91 bits per heavy atom. The van der Waals surface area contributed by atoms with E-state index >= 15 is 0 Å². The average molecular weight is 512 g/mol. The molecular weight excluding hydrogens is 483 g/mol. The van der Waals surface area contributed by atoms with E-state index in [9.17, 15) is 22.8 Å². The van der Waals surface area contributed by atoms with Crippen LogP contribution < -0.4 is 4.90 Å². The predicted molar refractivity (Wildman–Crippen MR) is 127 cm³/mol. The highest BCUT2D eigenvalue weighted by atomic mass is 32.1. The second kappa shape index (κ2) is 9.99. The van der Waals surface area contributed by atoms with Crippen molar-refractivity contribution < 1.29 is 27.5 Å². The summed E-state index contributed by atoms with van der Waals surface area (Å²) in [5, 5.41) is 9.17. The lowest BCUT2D eigenvalue weighted by Gasteiger charge is -2.41. The second-order valence-corrected chi connectivity index (χ2v) is 9.69. The van der Waals surface area contributed by atoms with Crippen LogP contribution in [0.15, 0.2) is 18.2 Å². The predicted octanol–water partition coefficient (Wildman–Crippen LogP) is 3.45. The summed E-state index contributed by atoms with van der Waals surface area (Å²) < 4.78 is 45.8. The summed E-state index contributed by atoms with van der Waals surface area (Å²) in [5.41, 5.74) is -2.78. The van der Waals surface area contributed by atoms with Gasteiger partial charge in [-0.15, -0.1) is 0 Å². The van der Waals surface area contributed by atoms with Crippen molar-refractivity contribution in [1.29, 1.82) is 5.26 Å². The number of likely N-dealkylation sites (tertiary alicyclic amines) is 1. The quantitative estimate of drug-likeness (QED) is 0.561.